The molecule has 0 saturated heterocycles. The number of fused-ring (bicyclic) bond motifs is 1. The number of hydrogen-bond donors (Lipinski definition) is 3. The number of aromatic nitrogens is 2. The number of nitrogens with one attached hydrogen (secondary N) is 2. The summed E-state index contributed by atoms with van der Waals surface area (Å²) in [5, 5.41) is 5.92. The first-order chi connectivity index (χ1) is 4.77. The van der Waals surface area contributed by atoms with Crippen molar-refractivity contribution in [2.75, 3.05) is 5.73 Å². The number of benzene rings is 1. The van der Waals surface area contributed by atoms with Gasteiger partial charge in [0.05, 0.1) is 11.0 Å². The van der Waals surface area contributed by atoms with E-state index in [1.54, 1.807) is 0 Å². The van der Waals surface area contributed by atoms with Crippen LogP contribution in [0.4, 0.5) is 5.69 Å². The van der Waals surface area contributed by atoms with Gasteiger partial charge < -0.3 is 5.73 Å². The second-order valence-electron chi connectivity index (χ2n) is 2.51. The van der Waals surface area contributed by atoms with Crippen molar-refractivity contribution < 1.29 is 0 Å². The number of aryl methyl sites for hydroxylation is 1. The SMILES string of the molecule is Cc1cc(N)cc2[nH][nH]c12. The fourth-order valence-corrected chi connectivity index (χ4v) is 1.15. The van der Waals surface area contributed by atoms with Crippen molar-refractivity contribution in [3.63, 3.8) is 0 Å². The van der Waals surface area contributed by atoms with Crippen molar-refractivity contribution in [3.05, 3.63) is 17.7 Å². The Labute approximate surface area is 58.2 Å². The molecule has 0 unspecified atom stereocenters. The van der Waals surface area contributed by atoms with Crippen LogP contribution in [0, 0.1) is 6.92 Å². The molecule has 4 N–H and O–H groups in total. The van der Waals surface area contributed by atoms with Crippen LogP contribution in [-0.2, 0) is 0 Å². The number of rotatable bonds is 0. The Bertz CT molecular complexity index is 356. The molecule has 0 amide bonds. The molecular formula is C7H9N3. The lowest BCUT2D eigenvalue weighted by atomic mass is 10.2. The van der Waals surface area contributed by atoms with Crippen LogP contribution in [0.15, 0.2) is 12.1 Å². The predicted molar refractivity (Wildman–Crippen MR) is 41.8 cm³/mol. The first-order valence-corrected chi connectivity index (χ1v) is 3.19. The Balaban J connectivity index is 2.81. The van der Waals surface area contributed by atoms with Gasteiger partial charge in [-0.15, -0.1) is 0 Å². The van der Waals surface area contributed by atoms with Crippen LogP contribution in [-0.4, -0.2) is 10.2 Å². The van der Waals surface area contributed by atoms with Crippen molar-refractivity contribution in [1.29, 1.82) is 0 Å². The Morgan fingerprint density at radius 2 is 2.10 bits per heavy atom. The molecular weight excluding hydrogens is 126 g/mol. The third-order valence-electron chi connectivity index (χ3n) is 1.68. The molecule has 0 aliphatic heterocycles. The van der Waals surface area contributed by atoms with Crippen LogP contribution in [0.2, 0.25) is 0 Å². The molecule has 52 valence electrons. The molecule has 3 heteroatoms. The Morgan fingerprint density at radius 3 is 2.60 bits per heavy atom. The van der Waals surface area contributed by atoms with Crippen molar-refractivity contribution in [2.24, 2.45) is 0 Å². The maximum absolute atomic E-state index is 5.59. The van der Waals surface area contributed by atoms with Crippen molar-refractivity contribution in [3.8, 4) is 0 Å². The maximum atomic E-state index is 5.59. The minimum atomic E-state index is 0.810. The van der Waals surface area contributed by atoms with Gasteiger partial charge >= 0.3 is 0 Å². The molecule has 1 heterocycles. The fraction of sp³-hybridized carbons (Fsp3) is 0.143. The highest BCUT2D eigenvalue weighted by Gasteiger charge is 2.00. The van der Waals surface area contributed by atoms with Gasteiger partial charge in [0.15, 0.2) is 0 Å². The van der Waals surface area contributed by atoms with E-state index in [1.807, 2.05) is 19.1 Å². The first kappa shape index (κ1) is 5.41. The van der Waals surface area contributed by atoms with Gasteiger partial charge in [0.25, 0.3) is 0 Å². The van der Waals surface area contributed by atoms with E-state index in [-0.39, 0.29) is 0 Å². The van der Waals surface area contributed by atoms with Gasteiger partial charge in [-0.2, -0.15) is 0 Å². The van der Waals surface area contributed by atoms with Crippen LogP contribution in [0.5, 0.6) is 0 Å². The molecule has 1 aromatic heterocycles. The first-order valence-electron chi connectivity index (χ1n) is 3.19. The zero-order valence-electron chi connectivity index (χ0n) is 5.73. The number of nitrogen functional groups attached to an aromatic ring is 1. The van der Waals surface area contributed by atoms with Crippen molar-refractivity contribution in [1.82, 2.24) is 10.2 Å². The number of H-pyrrole nitrogens is 2. The van der Waals surface area contributed by atoms with E-state index in [9.17, 15) is 0 Å². The highest BCUT2D eigenvalue weighted by Crippen LogP contribution is 2.18. The van der Waals surface area contributed by atoms with E-state index in [0.717, 1.165) is 16.7 Å². The van der Waals surface area contributed by atoms with Gasteiger partial charge in [0.2, 0.25) is 0 Å². The van der Waals surface area contributed by atoms with Gasteiger partial charge in [0.1, 0.15) is 0 Å². The van der Waals surface area contributed by atoms with E-state index >= 15 is 0 Å². The summed E-state index contributed by atoms with van der Waals surface area (Å²) in [6.07, 6.45) is 0. The predicted octanol–water partition coefficient (Wildman–Crippen LogP) is 1.39. The summed E-state index contributed by atoms with van der Waals surface area (Å²) in [6, 6.07) is 3.87. The lowest BCUT2D eigenvalue weighted by Crippen LogP contribution is -1.96. The van der Waals surface area contributed by atoms with Gasteiger partial charge in [-0.1, -0.05) is 0 Å². The summed E-state index contributed by atoms with van der Waals surface area (Å²) >= 11 is 0. The number of hydrogen-bond acceptors (Lipinski definition) is 1. The minimum absolute atomic E-state index is 0.810. The van der Waals surface area contributed by atoms with Crippen LogP contribution in [0.25, 0.3) is 11.0 Å². The molecule has 2 rings (SSSR count). The molecule has 0 saturated carbocycles. The highest BCUT2D eigenvalue weighted by atomic mass is 15.1. The molecule has 0 radical (unpaired) electrons. The average Bonchev–Trinajstić information content (AvgIpc) is 1.77. The van der Waals surface area contributed by atoms with Crippen LogP contribution in [0.1, 0.15) is 5.56 Å². The van der Waals surface area contributed by atoms with Crippen LogP contribution < -0.4 is 5.73 Å². The minimum Gasteiger partial charge on any atom is -0.399 e. The van der Waals surface area contributed by atoms with Crippen LogP contribution >= 0.6 is 0 Å². The lowest BCUT2D eigenvalue weighted by Gasteiger charge is -2.07. The number of anilines is 1. The largest absolute Gasteiger partial charge is 0.399 e. The summed E-state index contributed by atoms with van der Waals surface area (Å²) in [5.74, 6) is 0. The maximum Gasteiger partial charge on any atom is 0.0819 e. The summed E-state index contributed by atoms with van der Waals surface area (Å²) in [6.45, 7) is 2.03. The van der Waals surface area contributed by atoms with Gasteiger partial charge in [-0.25, -0.2) is 0 Å². The van der Waals surface area contributed by atoms with E-state index < -0.39 is 0 Å². The number of nitrogens with two attached hydrogens (primary N) is 1. The summed E-state index contributed by atoms with van der Waals surface area (Å²) in [4.78, 5) is 0. The second-order valence-corrected chi connectivity index (χ2v) is 2.51. The summed E-state index contributed by atoms with van der Waals surface area (Å²) < 4.78 is 0. The van der Waals surface area contributed by atoms with Crippen LogP contribution in [0.3, 0.4) is 0 Å². The third-order valence-corrected chi connectivity index (χ3v) is 1.68. The lowest BCUT2D eigenvalue weighted by molar-refractivity contribution is 1.06. The van der Waals surface area contributed by atoms with E-state index in [2.05, 4.69) is 10.2 Å². The van der Waals surface area contributed by atoms with E-state index in [4.69, 9.17) is 5.73 Å². The summed E-state index contributed by atoms with van der Waals surface area (Å²) in [5.41, 5.74) is 9.85. The third kappa shape index (κ3) is 0.543. The molecule has 1 aromatic carbocycles. The zero-order chi connectivity index (χ0) is 7.14. The quantitative estimate of drug-likeness (QED) is 0.470. The fourth-order valence-electron chi connectivity index (χ4n) is 1.15. The Hall–Kier alpha value is -1.38. The molecule has 3 nitrogen and oxygen atoms in total. The molecule has 0 fully saturated rings. The molecule has 10 heavy (non-hydrogen) atoms. The van der Waals surface area contributed by atoms with E-state index in [1.165, 1.54) is 5.56 Å². The average molecular weight is 135 g/mol. The van der Waals surface area contributed by atoms with Gasteiger partial charge in [0, 0.05) is 5.69 Å². The molecule has 0 aliphatic rings. The molecule has 0 atom stereocenters. The second kappa shape index (κ2) is 1.56. The molecule has 0 spiro atoms. The molecule has 2 aromatic rings. The summed E-state index contributed by atoms with van der Waals surface area (Å²) in [7, 11) is 0. The Kier molecular flexibility index (Phi) is 0.845. The normalized spacial score (nSPS) is 10.9. The standard InChI is InChI=1S/C7H9N3/c1-4-2-5(8)3-6-7(4)10-9-6/h2-3,9-10H,8H2,1H3. The van der Waals surface area contributed by atoms with E-state index in [0.29, 0.717) is 0 Å². The highest BCUT2D eigenvalue weighted by molar-refractivity contribution is 5.82. The topological polar surface area (TPSA) is 57.6 Å². The smallest absolute Gasteiger partial charge is 0.0819 e. The molecule has 0 bridgehead atoms. The van der Waals surface area contributed by atoms with Gasteiger partial charge in [-0.3, -0.25) is 10.2 Å². The van der Waals surface area contributed by atoms with Crippen molar-refractivity contribution in [2.45, 2.75) is 6.92 Å². The monoisotopic (exact) mass is 135 g/mol. The van der Waals surface area contributed by atoms with Gasteiger partial charge in [-0.05, 0) is 24.6 Å². The Morgan fingerprint density at radius 1 is 1.30 bits per heavy atom. The zero-order valence-corrected chi connectivity index (χ0v) is 5.73. The molecule has 0 aliphatic carbocycles. The van der Waals surface area contributed by atoms with Crippen molar-refractivity contribution >= 4 is 16.7 Å². The number of aromatic amines is 2.